The quantitative estimate of drug-likeness (QED) is 0.199. The Kier molecular flexibility index (Phi) is 11.1. The molecule has 0 aliphatic carbocycles. The lowest BCUT2D eigenvalue weighted by Crippen LogP contribution is -2.53. The summed E-state index contributed by atoms with van der Waals surface area (Å²) in [6.45, 7) is 1.61. The first-order chi connectivity index (χ1) is 21.1. The van der Waals surface area contributed by atoms with Crippen LogP contribution in [0.15, 0.2) is 112 Å². The highest BCUT2D eigenvalue weighted by molar-refractivity contribution is 9.10. The number of hydrogen-bond donors (Lipinski definition) is 1. The number of rotatable bonds is 13. The molecule has 0 saturated carbocycles. The summed E-state index contributed by atoms with van der Waals surface area (Å²) in [4.78, 5) is 28.9. The van der Waals surface area contributed by atoms with Gasteiger partial charge in [-0.3, -0.25) is 13.9 Å². The molecule has 1 unspecified atom stereocenters. The van der Waals surface area contributed by atoms with Crippen molar-refractivity contribution in [3.05, 3.63) is 125 Å². The van der Waals surface area contributed by atoms with E-state index in [9.17, 15) is 22.4 Å². The van der Waals surface area contributed by atoms with Crippen LogP contribution in [0.25, 0.3) is 0 Å². The summed E-state index contributed by atoms with van der Waals surface area (Å²) in [5.41, 5.74) is 1.65. The number of halogens is 2. The van der Waals surface area contributed by atoms with Crippen molar-refractivity contribution in [2.24, 2.45) is 0 Å². The summed E-state index contributed by atoms with van der Waals surface area (Å²) in [7, 11) is -2.83. The average Bonchev–Trinajstić information content (AvgIpc) is 3.02. The van der Waals surface area contributed by atoms with Crippen molar-refractivity contribution in [1.29, 1.82) is 0 Å². The SMILES string of the molecule is CCOc1ccc(S(=O)(=O)N(CC(=O)N(Cc2cccc(Br)c2)C(Cc2ccccc2)C(=O)NC)c2ccc(F)cc2)cc1. The first kappa shape index (κ1) is 32.7. The van der Waals surface area contributed by atoms with E-state index in [1.807, 2.05) is 61.5 Å². The lowest BCUT2D eigenvalue weighted by Gasteiger charge is -2.33. The van der Waals surface area contributed by atoms with Gasteiger partial charge in [-0.1, -0.05) is 58.4 Å². The molecule has 0 fully saturated rings. The molecule has 0 aliphatic rings. The summed E-state index contributed by atoms with van der Waals surface area (Å²) < 4.78 is 49.1. The molecule has 2 amide bonds. The Bertz CT molecular complexity index is 1670. The third-order valence-corrected chi connectivity index (χ3v) is 9.16. The lowest BCUT2D eigenvalue weighted by molar-refractivity contribution is -0.139. The first-order valence-electron chi connectivity index (χ1n) is 13.9. The van der Waals surface area contributed by atoms with Gasteiger partial charge in [0.1, 0.15) is 24.2 Å². The van der Waals surface area contributed by atoms with E-state index in [0.717, 1.165) is 32.0 Å². The van der Waals surface area contributed by atoms with Gasteiger partial charge < -0.3 is 15.0 Å². The Balaban J connectivity index is 1.77. The fourth-order valence-corrected chi connectivity index (χ4v) is 6.55. The standard InChI is InChI=1S/C33H33BrFN3O5S/c1-3-43-29-16-18-30(19-17-29)44(41,42)38(28-14-12-27(35)13-15-28)23-32(39)37(22-25-10-7-11-26(34)20-25)31(33(40)36-2)21-24-8-5-4-6-9-24/h4-20,31H,3,21-23H2,1-2H3,(H,36,40). The molecule has 230 valence electrons. The Morgan fingerprint density at radius 2 is 1.57 bits per heavy atom. The number of nitrogens with one attached hydrogen (secondary N) is 1. The van der Waals surface area contributed by atoms with Gasteiger partial charge in [0.2, 0.25) is 11.8 Å². The van der Waals surface area contributed by atoms with Crippen LogP contribution in [0.1, 0.15) is 18.1 Å². The number of sulfonamides is 1. The lowest BCUT2D eigenvalue weighted by atomic mass is 10.0. The van der Waals surface area contributed by atoms with Crippen LogP contribution in [0.5, 0.6) is 5.75 Å². The molecular weight excluding hydrogens is 649 g/mol. The molecule has 0 saturated heterocycles. The summed E-state index contributed by atoms with van der Waals surface area (Å²) in [6.07, 6.45) is 0.197. The number of ether oxygens (including phenoxy) is 1. The van der Waals surface area contributed by atoms with E-state index in [1.165, 1.54) is 48.3 Å². The van der Waals surface area contributed by atoms with Crippen LogP contribution in [0, 0.1) is 5.82 Å². The maximum Gasteiger partial charge on any atom is 0.264 e. The van der Waals surface area contributed by atoms with Crippen LogP contribution in [-0.4, -0.2) is 51.4 Å². The topological polar surface area (TPSA) is 96.0 Å². The molecule has 0 aliphatic heterocycles. The molecule has 1 atom stereocenters. The van der Waals surface area contributed by atoms with Gasteiger partial charge in [0.25, 0.3) is 10.0 Å². The molecule has 8 nitrogen and oxygen atoms in total. The van der Waals surface area contributed by atoms with Crippen LogP contribution >= 0.6 is 15.9 Å². The van der Waals surface area contributed by atoms with Crippen LogP contribution in [-0.2, 0) is 32.6 Å². The number of benzene rings is 4. The van der Waals surface area contributed by atoms with Crippen molar-refractivity contribution in [1.82, 2.24) is 10.2 Å². The number of nitrogens with zero attached hydrogens (tertiary/aromatic N) is 2. The minimum Gasteiger partial charge on any atom is -0.494 e. The highest BCUT2D eigenvalue weighted by Gasteiger charge is 2.34. The molecule has 1 N–H and O–H groups in total. The zero-order valence-electron chi connectivity index (χ0n) is 24.3. The third-order valence-electron chi connectivity index (χ3n) is 6.88. The molecule has 44 heavy (non-hydrogen) atoms. The zero-order valence-corrected chi connectivity index (χ0v) is 26.7. The van der Waals surface area contributed by atoms with Crippen molar-refractivity contribution < 1.29 is 27.1 Å². The van der Waals surface area contributed by atoms with Crippen molar-refractivity contribution >= 4 is 43.5 Å². The van der Waals surface area contributed by atoms with Gasteiger partial charge in [-0.25, -0.2) is 12.8 Å². The second-order valence-corrected chi connectivity index (χ2v) is 12.6. The number of likely N-dealkylation sites (N-methyl/N-ethyl adjacent to an activating group) is 1. The van der Waals surface area contributed by atoms with E-state index in [2.05, 4.69) is 21.2 Å². The highest BCUT2D eigenvalue weighted by Crippen LogP contribution is 2.27. The Hall–Kier alpha value is -4.22. The van der Waals surface area contributed by atoms with Crippen LogP contribution < -0.4 is 14.4 Å². The van der Waals surface area contributed by atoms with Crippen LogP contribution in [0.2, 0.25) is 0 Å². The molecule has 0 spiro atoms. The molecule has 0 heterocycles. The Labute approximate surface area is 265 Å². The second kappa shape index (κ2) is 15.0. The second-order valence-electron chi connectivity index (χ2n) is 9.86. The normalized spacial score (nSPS) is 11.8. The van der Waals surface area contributed by atoms with E-state index in [1.54, 1.807) is 0 Å². The van der Waals surface area contributed by atoms with E-state index >= 15 is 0 Å². The number of carbonyl (C=O) groups excluding carboxylic acids is 2. The van der Waals surface area contributed by atoms with Gasteiger partial charge >= 0.3 is 0 Å². The largest absolute Gasteiger partial charge is 0.494 e. The molecule has 0 aromatic heterocycles. The summed E-state index contributed by atoms with van der Waals surface area (Å²) >= 11 is 3.46. The predicted molar refractivity (Wildman–Crippen MR) is 171 cm³/mol. The van der Waals surface area contributed by atoms with Gasteiger partial charge in [0.05, 0.1) is 17.2 Å². The molecule has 11 heteroatoms. The van der Waals surface area contributed by atoms with Gasteiger partial charge in [-0.2, -0.15) is 0 Å². The van der Waals surface area contributed by atoms with Crippen LogP contribution in [0.4, 0.5) is 10.1 Å². The summed E-state index contributed by atoms with van der Waals surface area (Å²) in [5.74, 6) is -1.09. The molecule has 4 aromatic carbocycles. The number of amides is 2. The minimum absolute atomic E-state index is 0.0313. The Morgan fingerprint density at radius 1 is 0.909 bits per heavy atom. The van der Waals surface area contributed by atoms with Crippen molar-refractivity contribution in [3.63, 3.8) is 0 Å². The Morgan fingerprint density at radius 3 is 2.18 bits per heavy atom. The van der Waals surface area contributed by atoms with Crippen molar-refractivity contribution in [2.45, 2.75) is 30.8 Å². The maximum absolute atomic E-state index is 14.3. The fraction of sp³-hybridized carbons (Fsp3) is 0.212. The van der Waals surface area contributed by atoms with E-state index in [0.29, 0.717) is 12.4 Å². The van der Waals surface area contributed by atoms with E-state index in [4.69, 9.17) is 4.74 Å². The average molecular weight is 683 g/mol. The molecular formula is C33H33BrFN3O5S. The fourth-order valence-electron chi connectivity index (χ4n) is 4.69. The maximum atomic E-state index is 14.3. The number of carbonyl (C=O) groups is 2. The first-order valence-corrected chi connectivity index (χ1v) is 16.2. The number of hydrogen-bond acceptors (Lipinski definition) is 5. The monoisotopic (exact) mass is 681 g/mol. The van der Waals surface area contributed by atoms with Crippen LogP contribution in [0.3, 0.4) is 0 Å². The summed E-state index contributed by atoms with van der Waals surface area (Å²) in [6, 6.07) is 26.3. The zero-order chi connectivity index (χ0) is 31.7. The molecule has 0 radical (unpaired) electrons. The van der Waals surface area contributed by atoms with Gasteiger partial charge in [-0.05, 0) is 78.7 Å². The van der Waals surface area contributed by atoms with E-state index in [-0.39, 0.29) is 23.5 Å². The highest BCUT2D eigenvalue weighted by atomic mass is 79.9. The van der Waals surface area contributed by atoms with Crippen molar-refractivity contribution in [3.8, 4) is 5.75 Å². The van der Waals surface area contributed by atoms with Gasteiger partial charge in [-0.15, -0.1) is 0 Å². The van der Waals surface area contributed by atoms with Crippen molar-refractivity contribution in [2.75, 3.05) is 24.5 Å². The molecule has 4 aromatic rings. The smallest absolute Gasteiger partial charge is 0.264 e. The minimum atomic E-state index is -4.32. The van der Waals surface area contributed by atoms with Gasteiger partial charge in [0, 0.05) is 24.5 Å². The predicted octanol–water partition coefficient (Wildman–Crippen LogP) is 5.57. The summed E-state index contributed by atoms with van der Waals surface area (Å²) in [5, 5.41) is 2.65. The van der Waals surface area contributed by atoms with Gasteiger partial charge in [0.15, 0.2) is 0 Å². The third kappa shape index (κ3) is 8.23. The molecule has 4 rings (SSSR count). The molecule has 0 bridgehead atoms. The van der Waals surface area contributed by atoms with E-state index < -0.39 is 40.2 Å². The number of anilines is 1.